The molecule has 0 radical (unpaired) electrons. The molecule has 1 aromatic carbocycles. The standard InChI is InChI=1S/C37H57N5O8/c1-2-3-4-5-6-7-8-17-33(44)39-21-12-11-15-29(38)32(43)24-26(23-27-25-41-30-16-10-9-14-28(27)30)36(48)40-22-20-31(37(49)50)42-34(45)18-13-19-35(46)47/h9-10,14,16,25-26,29,31,41H,2-8,11-13,15,17-24,38H2,1H3,(H,39,44)(H,40,48)(H,42,45)(H,46,47)(H,49,50)/t26-,29-,31+/m0/s1. The van der Waals surface area contributed by atoms with Crippen molar-refractivity contribution >= 4 is 46.3 Å². The monoisotopic (exact) mass is 699 g/mol. The number of ketones is 1. The summed E-state index contributed by atoms with van der Waals surface area (Å²) in [6.45, 7) is 2.64. The first kappa shape index (κ1) is 41.9. The summed E-state index contributed by atoms with van der Waals surface area (Å²) < 4.78 is 0. The minimum absolute atomic E-state index is 0.0397. The fraction of sp³-hybridized carbons (Fsp3) is 0.622. The number of carboxylic acid groups (broad SMARTS) is 2. The van der Waals surface area contributed by atoms with Crippen LogP contribution in [0.4, 0.5) is 0 Å². The van der Waals surface area contributed by atoms with Gasteiger partial charge >= 0.3 is 11.9 Å². The molecule has 0 aliphatic rings. The highest BCUT2D eigenvalue weighted by molar-refractivity contribution is 5.91. The fourth-order valence-corrected chi connectivity index (χ4v) is 5.83. The molecule has 1 aromatic heterocycles. The number of aliphatic carboxylic acids is 2. The number of carbonyl (C=O) groups is 6. The van der Waals surface area contributed by atoms with Gasteiger partial charge in [0.15, 0.2) is 0 Å². The smallest absolute Gasteiger partial charge is 0.326 e. The second kappa shape index (κ2) is 24.0. The van der Waals surface area contributed by atoms with Crippen LogP contribution in [-0.4, -0.2) is 75.8 Å². The maximum atomic E-state index is 13.4. The number of hydrogen-bond acceptors (Lipinski definition) is 7. The molecule has 13 nitrogen and oxygen atoms in total. The van der Waals surface area contributed by atoms with E-state index >= 15 is 0 Å². The number of aromatic amines is 1. The van der Waals surface area contributed by atoms with Crippen LogP contribution in [0.3, 0.4) is 0 Å². The van der Waals surface area contributed by atoms with E-state index in [-0.39, 0.29) is 56.8 Å². The molecule has 0 saturated carbocycles. The van der Waals surface area contributed by atoms with Crippen molar-refractivity contribution in [2.45, 2.75) is 128 Å². The molecule has 3 atom stereocenters. The maximum Gasteiger partial charge on any atom is 0.326 e. The third-order valence-electron chi connectivity index (χ3n) is 8.80. The van der Waals surface area contributed by atoms with Gasteiger partial charge in [-0.05, 0) is 56.6 Å². The van der Waals surface area contributed by atoms with Gasteiger partial charge in [-0.25, -0.2) is 4.79 Å². The Morgan fingerprint density at radius 3 is 2.20 bits per heavy atom. The molecular weight excluding hydrogens is 642 g/mol. The number of aromatic nitrogens is 1. The van der Waals surface area contributed by atoms with E-state index in [4.69, 9.17) is 10.8 Å². The number of fused-ring (bicyclic) bond motifs is 1. The Bertz CT molecular complexity index is 1380. The molecule has 1 heterocycles. The second-order valence-electron chi connectivity index (χ2n) is 13.0. The van der Waals surface area contributed by atoms with Crippen molar-refractivity contribution in [1.29, 1.82) is 0 Å². The number of nitrogens with two attached hydrogens (primary N) is 1. The van der Waals surface area contributed by atoms with Crippen LogP contribution in [0, 0.1) is 5.92 Å². The quantitative estimate of drug-likeness (QED) is 0.0626. The number of hydrogen-bond donors (Lipinski definition) is 7. The Hall–Kier alpha value is -4.26. The van der Waals surface area contributed by atoms with Gasteiger partial charge in [-0.3, -0.25) is 24.0 Å². The average molecular weight is 700 g/mol. The van der Waals surface area contributed by atoms with Gasteiger partial charge in [0.25, 0.3) is 0 Å². The topological polar surface area (TPSA) is 221 Å². The van der Waals surface area contributed by atoms with E-state index in [1.807, 2.05) is 24.3 Å². The molecular formula is C37H57N5O8. The van der Waals surface area contributed by atoms with Crippen molar-refractivity contribution < 1.29 is 39.0 Å². The first-order valence-corrected chi connectivity index (χ1v) is 18.1. The highest BCUT2D eigenvalue weighted by Crippen LogP contribution is 2.23. The number of carbonyl (C=O) groups excluding carboxylic acids is 4. The lowest BCUT2D eigenvalue weighted by Crippen LogP contribution is -2.44. The lowest BCUT2D eigenvalue weighted by Gasteiger charge is -2.20. The van der Waals surface area contributed by atoms with Crippen LogP contribution in [-0.2, 0) is 35.2 Å². The minimum Gasteiger partial charge on any atom is -0.481 e. The molecule has 0 aliphatic heterocycles. The van der Waals surface area contributed by atoms with E-state index in [2.05, 4.69) is 27.9 Å². The van der Waals surface area contributed by atoms with Gasteiger partial charge in [-0.2, -0.15) is 0 Å². The molecule has 0 aliphatic carbocycles. The lowest BCUT2D eigenvalue weighted by atomic mass is 9.90. The first-order chi connectivity index (χ1) is 24.0. The number of nitrogens with one attached hydrogen (secondary N) is 4. The van der Waals surface area contributed by atoms with Gasteiger partial charge < -0.3 is 36.9 Å². The molecule has 0 bridgehead atoms. The van der Waals surface area contributed by atoms with Gasteiger partial charge in [-0.1, -0.05) is 63.6 Å². The van der Waals surface area contributed by atoms with Crippen molar-refractivity contribution in [3.63, 3.8) is 0 Å². The molecule has 0 unspecified atom stereocenters. The highest BCUT2D eigenvalue weighted by Gasteiger charge is 2.27. The Morgan fingerprint density at radius 1 is 0.780 bits per heavy atom. The molecule has 8 N–H and O–H groups in total. The zero-order valence-corrected chi connectivity index (χ0v) is 29.5. The van der Waals surface area contributed by atoms with Crippen molar-refractivity contribution in [3.05, 3.63) is 36.0 Å². The van der Waals surface area contributed by atoms with Crippen molar-refractivity contribution in [2.75, 3.05) is 13.1 Å². The molecule has 2 rings (SSSR count). The molecule has 50 heavy (non-hydrogen) atoms. The van der Waals surface area contributed by atoms with Crippen LogP contribution < -0.4 is 21.7 Å². The Labute approximate surface area is 294 Å². The van der Waals surface area contributed by atoms with Gasteiger partial charge in [0, 0.05) is 61.8 Å². The third-order valence-corrected chi connectivity index (χ3v) is 8.80. The van der Waals surface area contributed by atoms with E-state index < -0.39 is 41.8 Å². The predicted octanol–water partition coefficient (Wildman–Crippen LogP) is 4.37. The Kier molecular flexibility index (Phi) is 20.1. The van der Waals surface area contributed by atoms with Gasteiger partial charge in [0.2, 0.25) is 17.7 Å². The normalized spacial score (nSPS) is 12.9. The first-order valence-electron chi connectivity index (χ1n) is 18.1. The number of H-pyrrole nitrogens is 1. The minimum atomic E-state index is -1.28. The molecule has 13 heteroatoms. The van der Waals surface area contributed by atoms with Crippen LogP contribution in [0.2, 0.25) is 0 Å². The lowest BCUT2D eigenvalue weighted by molar-refractivity contribution is -0.142. The van der Waals surface area contributed by atoms with Crippen LogP contribution in [0.1, 0.15) is 115 Å². The van der Waals surface area contributed by atoms with Crippen LogP contribution in [0.25, 0.3) is 10.9 Å². The largest absolute Gasteiger partial charge is 0.481 e. The van der Waals surface area contributed by atoms with E-state index in [0.717, 1.165) is 35.7 Å². The van der Waals surface area contributed by atoms with Gasteiger partial charge in [0.05, 0.1) is 6.04 Å². The van der Waals surface area contributed by atoms with Crippen LogP contribution in [0.5, 0.6) is 0 Å². The number of amides is 3. The second-order valence-corrected chi connectivity index (χ2v) is 13.0. The zero-order chi connectivity index (χ0) is 36.7. The summed E-state index contributed by atoms with van der Waals surface area (Å²) in [5.74, 6) is -4.35. The summed E-state index contributed by atoms with van der Waals surface area (Å²) in [7, 11) is 0. The van der Waals surface area contributed by atoms with Gasteiger partial charge in [0.1, 0.15) is 11.8 Å². The summed E-state index contributed by atoms with van der Waals surface area (Å²) >= 11 is 0. The van der Waals surface area contributed by atoms with E-state index in [1.165, 1.54) is 25.7 Å². The average Bonchev–Trinajstić information content (AvgIpc) is 3.49. The van der Waals surface area contributed by atoms with Crippen molar-refractivity contribution in [3.8, 4) is 0 Å². The molecule has 0 spiro atoms. The zero-order valence-electron chi connectivity index (χ0n) is 29.5. The van der Waals surface area contributed by atoms with Crippen LogP contribution in [0.15, 0.2) is 30.5 Å². The SMILES string of the molecule is CCCCCCCCCC(=O)NCCCC[C@H](N)C(=O)C[C@H](Cc1c[nH]c2ccccc12)C(=O)NCC[C@@H](NC(=O)CCCC(=O)O)C(=O)O. The number of para-hydroxylation sites is 1. The number of benzene rings is 1. The molecule has 278 valence electrons. The van der Waals surface area contributed by atoms with E-state index in [1.54, 1.807) is 6.20 Å². The third kappa shape index (κ3) is 16.9. The molecule has 0 saturated heterocycles. The maximum absolute atomic E-state index is 13.4. The summed E-state index contributed by atoms with van der Waals surface area (Å²) in [5, 5.41) is 27.3. The fourth-order valence-electron chi connectivity index (χ4n) is 5.83. The van der Waals surface area contributed by atoms with Crippen LogP contribution >= 0.6 is 0 Å². The molecule has 3 amide bonds. The molecule has 2 aromatic rings. The Morgan fingerprint density at radius 2 is 1.48 bits per heavy atom. The van der Waals surface area contributed by atoms with Crippen molar-refractivity contribution in [2.24, 2.45) is 11.7 Å². The highest BCUT2D eigenvalue weighted by atomic mass is 16.4. The summed E-state index contributed by atoms with van der Waals surface area (Å²) in [6, 6.07) is 5.56. The summed E-state index contributed by atoms with van der Waals surface area (Å²) in [4.78, 5) is 76.5. The van der Waals surface area contributed by atoms with Gasteiger partial charge in [-0.15, -0.1) is 0 Å². The Balaban J connectivity index is 1.86. The number of rotatable bonds is 28. The number of carboxylic acids is 2. The number of Topliss-reactive ketones (excluding diaryl/α,β-unsaturated/α-hetero) is 1. The number of unbranched alkanes of at least 4 members (excludes halogenated alkanes) is 7. The summed E-state index contributed by atoms with van der Waals surface area (Å²) in [6.07, 6.45) is 11.9. The van der Waals surface area contributed by atoms with E-state index in [0.29, 0.717) is 32.2 Å². The summed E-state index contributed by atoms with van der Waals surface area (Å²) in [5.41, 5.74) is 8.00. The predicted molar refractivity (Wildman–Crippen MR) is 191 cm³/mol. The molecule has 0 fully saturated rings. The van der Waals surface area contributed by atoms with Crippen molar-refractivity contribution in [1.82, 2.24) is 20.9 Å². The van der Waals surface area contributed by atoms with E-state index in [9.17, 15) is 33.9 Å².